The molecule has 1 rings (SSSR count). The minimum Gasteiger partial charge on any atom is -0.338 e. The van der Waals surface area contributed by atoms with Gasteiger partial charge < -0.3 is 16.0 Å². The first-order valence-electron chi connectivity index (χ1n) is 5.94. The van der Waals surface area contributed by atoms with Gasteiger partial charge in [0, 0.05) is 18.3 Å². The molecule has 0 fully saturated rings. The Morgan fingerprint density at radius 1 is 1.44 bits per heavy atom. The van der Waals surface area contributed by atoms with Crippen LogP contribution in [0.25, 0.3) is 0 Å². The van der Waals surface area contributed by atoms with E-state index >= 15 is 0 Å². The number of urea groups is 1. The number of nitrogens with one attached hydrogen (secondary N) is 3. The summed E-state index contributed by atoms with van der Waals surface area (Å²) in [6.45, 7) is 2.96. The number of aromatic nitrogens is 2. The van der Waals surface area contributed by atoms with Crippen molar-refractivity contribution in [2.45, 2.75) is 26.2 Å². The van der Waals surface area contributed by atoms with Gasteiger partial charge in [0.2, 0.25) is 5.95 Å². The normalized spacial score (nSPS) is 10.1. The second-order valence-corrected chi connectivity index (χ2v) is 3.98. The number of amides is 2. The average Bonchev–Trinajstić information content (AvgIpc) is 2.27. The number of rotatable bonds is 6. The average molecular weight is 253 g/mol. The van der Waals surface area contributed by atoms with E-state index in [4.69, 9.17) is 5.73 Å². The first kappa shape index (κ1) is 14.2. The fourth-order valence-electron chi connectivity index (χ4n) is 1.44. The van der Waals surface area contributed by atoms with Gasteiger partial charge in [-0.25, -0.2) is 4.79 Å². The van der Waals surface area contributed by atoms with E-state index in [1.807, 2.05) is 0 Å². The van der Waals surface area contributed by atoms with Crippen LogP contribution >= 0.6 is 0 Å². The molecule has 1 aromatic heterocycles. The van der Waals surface area contributed by atoms with Gasteiger partial charge in [0.25, 0.3) is 5.56 Å². The largest absolute Gasteiger partial charge is 0.338 e. The van der Waals surface area contributed by atoms with Gasteiger partial charge in [0.1, 0.15) is 0 Å². The molecule has 1 heterocycles. The molecular weight excluding hydrogens is 234 g/mol. The Labute approximate surface area is 105 Å². The summed E-state index contributed by atoms with van der Waals surface area (Å²) in [5.74, 6) is 0.152. The Morgan fingerprint density at radius 3 is 2.89 bits per heavy atom. The van der Waals surface area contributed by atoms with Crippen LogP contribution in [0.1, 0.15) is 25.0 Å². The summed E-state index contributed by atoms with van der Waals surface area (Å²) in [6, 6.07) is 0.979. The third-order valence-corrected chi connectivity index (χ3v) is 2.28. The summed E-state index contributed by atoms with van der Waals surface area (Å²) in [5, 5.41) is 5.15. The Kier molecular flexibility index (Phi) is 5.86. The highest BCUT2D eigenvalue weighted by atomic mass is 16.2. The summed E-state index contributed by atoms with van der Waals surface area (Å²) in [4.78, 5) is 29.0. The molecule has 0 atom stereocenters. The number of anilines is 1. The quantitative estimate of drug-likeness (QED) is 0.547. The lowest BCUT2D eigenvalue weighted by molar-refractivity contribution is 0.251. The van der Waals surface area contributed by atoms with E-state index in [-0.39, 0.29) is 17.5 Å². The molecule has 0 saturated heterocycles. The molecule has 18 heavy (non-hydrogen) atoms. The van der Waals surface area contributed by atoms with E-state index in [1.54, 1.807) is 6.92 Å². The predicted molar refractivity (Wildman–Crippen MR) is 69.5 cm³/mol. The first-order chi connectivity index (χ1) is 8.61. The van der Waals surface area contributed by atoms with Crippen molar-refractivity contribution in [1.82, 2.24) is 15.3 Å². The molecule has 0 spiro atoms. The van der Waals surface area contributed by atoms with Gasteiger partial charge in [-0.15, -0.1) is 0 Å². The molecule has 0 unspecified atom stereocenters. The van der Waals surface area contributed by atoms with Crippen LogP contribution in [-0.4, -0.2) is 29.1 Å². The molecule has 7 nitrogen and oxygen atoms in total. The number of hydrogen-bond acceptors (Lipinski definition) is 4. The molecule has 0 saturated carbocycles. The lowest BCUT2D eigenvalue weighted by Gasteiger charge is -2.06. The molecule has 7 heteroatoms. The third kappa shape index (κ3) is 5.44. The number of unbranched alkanes of at least 4 members (excludes halogenated alkanes) is 2. The van der Waals surface area contributed by atoms with Crippen molar-refractivity contribution in [2.24, 2.45) is 5.73 Å². The molecule has 0 aliphatic rings. The molecule has 1 aromatic rings. The van der Waals surface area contributed by atoms with E-state index < -0.39 is 0 Å². The molecule has 0 aliphatic carbocycles. The highest BCUT2D eigenvalue weighted by Crippen LogP contribution is 1.96. The van der Waals surface area contributed by atoms with Gasteiger partial charge in [-0.1, -0.05) is 6.42 Å². The summed E-state index contributed by atoms with van der Waals surface area (Å²) >= 11 is 0. The molecule has 0 bridgehead atoms. The van der Waals surface area contributed by atoms with Gasteiger partial charge in [-0.3, -0.25) is 10.1 Å². The van der Waals surface area contributed by atoms with Crippen LogP contribution < -0.4 is 21.9 Å². The van der Waals surface area contributed by atoms with Crippen molar-refractivity contribution in [3.8, 4) is 0 Å². The zero-order valence-corrected chi connectivity index (χ0v) is 10.5. The number of aromatic amines is 1. The Hall–Kier alpha value is -1.89. The fourth-order valence-corrected chi connectivity index (χ4v) is 1.44. The van der Waals surface area contributed by atoms with Crippen LogP contribution in [0.3, 0.4) is 0 Å². The molecular formula is C11H19N5O2. The minimum atomic E-state index is -0.385. The first-order valence-corrected chi connectivity index (χ1v) is 5.94. The number of hydrogen-bond donors (Lipinski definition) is 4. The summed E-state index contributed by atoms with van der Waals surface area (Å²) in [6.07, 6.45) is 2.81. The molecule has 2 amide bonds. The number of nitrogens with two attached hydrogens (primary N) is 1. The Balaban J connectivity index is 2.33. The minimum absolute atomic E-state index is 0.152. The standard InChI is InChI=1S/C11H19N5O2/c1-8-7-9(17)15-10(14-8)16-11(18)13-6-4-2-3-5-12/h7H,2-6,12H2,1H3,(H3,13,14,15,16,17,18). The SMILES string of the molecule is Cc1cc(=O)nc(NC(=O)NCCCCCN)[nH]1. The van der Waals surface area contributed by atoms with E-state index in [1.165, 1.54) is 6.07 Å². The number of H-pyrrole nitrogens is 1. The van der Waals surface area contributed by atoms with Crippen LogP contribution in [0.2, 0.25) is 0 Å². The van der Waals surface area contributed by atoms with Crippen LogP contribution in [0, 0.1) is 6.92 Å². The van der Waals surface area contributed by atoms with Gasteiger partial charge in [0.05, 0.1) is 0 Å². The fraction of sp³-hybridized carbons (Fsp3) is 0.545. The Morgan fingerprint density at radius 2 is 2.22 bits per heavy atom. The van der Waals surface area contributed by atoms with E-state index in [0.29, 0.717) is 18.8 Å². The van der Waals surface area contributed by atoms with Gasteiger partial charge in [-0.05, 0) is 26.3 Å². The highest BCUT2D eigenvalue weighted by Gasteiger charge is 2.03. The molecule has 100 valence electrons. The van der Waals surface area contributed by atoms with Crippen molar-refractivity contribution >= 4 is 12.0 Å². The number of carbonyl (C=O) groups excluding carboxylic acids is 1. The van der Waals surface area contributed by atoms with Crippen molar-refractivity contribution in [1.29, 1.82) is 0 Å². The van der Waals surface area contributed by atoms with Crippen LogP contribution in [-0.2, 0) is 0 Å². The Bertz CT molecular complexity index is 443. The summed E-state index contributed by atoms with van der Waals surface area (Å²) in [7, 11) is 0. The van der Waals surface area contributed by atoms with Crippen molar-refractivity contribution in [2.75, 3.05) is 18.4 Å². The third-order valence-electron chi connectivity index (χ3n) is 2.28. The molecule has 5 N–H and O–H groups in total. The second kappa shape index (κ2) is 7.44. The topological polar surface area (TPSA) is 113 Å². The number of carbonyl (C=O) groups is 1. The zero-order valence-electron chi connectivity index (χ0n) is 10.5. The van der Waals surface area contributed by atoms with E-state index in [2.05, 4.69) is 20.6 Å². The van der Waals surface area contributed by atoms with Crippen LogP contribution in [0.5, 0.6) is 0 Å². The van der Waals surface area contributed by atoms with Gasteiger partial charge >= 0.3 is 6.03 Å². The van der Waals surface area contributed by atoms with Crippen molar-refractivity contribution < 1.29 is 4.79 Å². The number of aryl methyl sites for hydroxylation is 1. The van der Waals surface area contributed by atoms with E-state index in [0.717, 1.165) is 19.3 Å². The van der Waals surface area contributed by atoms with Gasteiger partial charge in [0.15, 0.2) is 0 Å². The maximum atomic E-state index is 11.5. The van der Waals surface area contributed by atoms with Crippen molar-refractivity contribution in [3.63, 3.8) is 0 Å². The summed E-state index contributed by atoms with van der Waals surface area (Å²) in [5.41, 5.74) is 5.62. The predicted octanol–water partition coefficient (Wildman–Crippen LogP) is 0.329. The van der Waals surface area contributed by atoms with Gasteiger partial charge in [-0.2, -0.15) is 4.98 Å². The second-order valence-electron chi connectivity index (χ2n) is 3.98. The maximum absolute atomic E-state index is 11.5. The molecule has 0 aliphatic heterocycles. The van der Waals surface area contributed by atoms with E-state index in [9.17, 15) is 9.59 Å². The van der Waals surface area contributed by atoms with Crippen LogP contribution in [0.15, 0.2) is 10.9 Å². The smallest absolute Gasteiger partial charge is 0.321 e. The summed E-state index contributed by atoms with van der Waals surface area (Å²) < 4.78 is 0. The molecule has 0 radical (unpaired) electrons. The number of nitrogens with zero attached hydrogens (tertiary/aromatic N) is 1. The highest BCUT2D eigenvalue weighted by molar-refractivity contribution is 5.87. The lowest BCUT2D eigenvalue weighted by atomic mass is 10.2. The monoisotopic (exact) mass is 253 g/mol. The van der Waals surface area contributed by atoms with Crippen LogP contribution in [0.4, 0.5) is 10.7 Å². The lowest BCUT2D eigenvalue weighted by Crippen LogP contribution is -2.31. The molecule has 0 aromatic carbocycles. The zero-order chi connectivity index (χ0) is 13.4. The van der Waals surface area contributed by atoms with Crippen molar-refractivity contribution in [3.05, 3.63) is 22.1 Å². The maximum Gasteiger partial charge on any atom is 0.321 e.